The number of halogens is 1. The lowest BCUT2D eigenvalue weighted by Gasteiger charge is -2.08. The molecule has 0 bridgehead atoms. The van der Waals surface area contributed by atoms with Gasteiger partial charge in [0.25, 0.3) is 0 Å². The van der Waals surface area contributed by atoms with Crippen LogP contribution in [0, 0.1) is 6.92 Å². The molecule has 0 unspecified atom stereocenters. The fraction of sp³-hybridized carbons (Fsp3) is 0.133. The molecule has 0 atom stereocenters. The highest BCUT2D eigenvalue weighted by Crippen LogP contribution is 2.24. The van der Waals surface area contributed by atoms with Crippen LogP contribution in [0.1, 0.15) is 5.56 Å². The summed E-state index contributed by atoms with van der Waals surface area (Å²) in [6, 6.07) is 12.4. The van der Waals surface area contributed by atoms with Gasteiger partial charge < -0.3 is 4.74 Å². The Bertz CT molecular complexity index is 614. The van der Waals surface area contributed by atoms with Gasteiger partial charge >= 0.3 is 6.09 Å². The molecule has 1 N–H and O–H groups in total. The Balaban J connectivity index is 2.01. The lowest BCUT2D eigenvalue weighted by molar-refractivity contribution is 0.215. The van der Waals surface area contributed by atoms with Crippen molar-refractivity contribution in [2.75, 3.05) is 11.6 Å². The van der Waals surface area contributed by atoms with Gasteiger partial charge in [0.05, 0.1) is 0 Å². The van der Waals surface area contributed by atoms with Gasteiger partial charge in [-0.15, -0.1) is 11.8 Å². The minimum absolute atomic E-state index is 0.520. The number of nitrogens with one attached hydrogen (secondary N) is 1. The summed E-state index contributed by atoms with van der Waals surface area (Å²) in [6.07, 6.45) is 1.49. The van der Waals surface area contributed by atoms with Crippen molar-refractivity contribution in [3.63, 3.8) is 0 Å². The molecule has 0 radical (unpaired) electrons. The zero-order chi connectivity index (χ0) is 14.5. The molecule has 1 amide bonds. The first-order valence-corrected chi connectivity index (χ1v) is 7.58. The van der Waals surface area contributed by atoms with Gasteiger partial charge in [-0.05, 0) is 61.2 Å². The zero-order valence-corrected chi connectivity index (χ0v) is 12.7. The van der Waals surface area contributed by atoms with E-state index in [1.165, 1.54) is 0 Å². The van der Waals surface area contributed by atoms with Crippen LogP contribution in [0.25, 0.3) is 0 Å². The van der Waals surface area contributed by atoms with Crippen molar-refractivity contribution >= 4 is 35.1 Å². The van der Waals surface area contributed by atoms with E-state index in [0.717, 1.165) is 10.5 Å². The number of ether oxygens (including phenoxy) is 1. The second-order valence-electron chi connectivity index (χ2n) is 4.15. The summed E-state index contributed by atoms with van der Waals surface area (Å²) in [5, 5.41) is 3.26. The van der Waals surface area contributed by atoms with Crippen LogP contribution in [0.3, 0.4) is 0 Å². The predicted octanol–water partition coefficient (Wildman–Crippen LogP) is 4.98. The van der Waals surface area contributed by atoms with Crippen LogP contribution in [-0.4, -0.2) is 12.3 Å². The van der Waals surface area contributed by atoms with Gasteiger partial charge in [0, 0.05) is 15.6 Å². The molecule has 0 aliphatic rings. The van der Waals surface area contributed by atoms with Crippen LogP contribution in [0.15, 0.2) is 47.4 Å². The van der Waals surface area contributed by atoms with Crippen molar-refractivity contribution in [3.05, 3.63) is 53.1 Å². The second-order valence-corrected chi connectivity index (χ2v) is 5.44. The number of amides is 1. The predicted molar refractivity (Wildman–Crippen MR) is 84.1 cm³/mol. The lowest BCUT2D eigenvalue weighted by Crippen LogP contribution is -2.16. The highest BCUT2D eigenvalue weighted by atomic mass is 35.5. The van der Waals surface area contributed by atoms with E-state index in [1.807, 2.05) is 25.3 Å². The minimum Gasteiger partial charge on any atom is -0.410 e. The average Bonchev–Trinajstić information content (AvgIpc) is 2.41. The van der Waals surface area contributed by atoms with Crippen molar-refractivity contribution < 1.29 is 9.53 Å². The van der Waals surface area contributed by atoms with Crippen LogP contribution in [-0.2, 0) is 0 Å². The molecular formula is C15H14ClNO2S. The van der Waals surface area contributed by atoms with E-state index < -0.39 is 6.09 Å². The van der Waals surface area contributed by atoms with Gasteiger partial charge in [0.15, 0.2) is 0 Å². The van der Waals surface area contributed by atoms with Crippen molar-refractivity contribution in [3.8, 4) is 5.75 Å². The van der Waals surface area contributed by atoms with E-state index in [1.54, 1.807) is 42.1 Å². The minimum atomic E-state index is -0.524. The Morgan fingerprint density at radius 1 is 1.20 bits per heavy atom. The Labute approximate surface area is 127 Å². The quantitative estimate of drug-likeness (QED) is 0.813. The van der Waals surface area contributed by atoms with E-state index in [9.17, 15) is 4.79 Å². The number of carbonyl (C=O) groups is 1. The molecule has 5 heteroatoms. The standard InChI is InChI=1S/C15H14ClNO2S/c1-10-9-13(7-8-14(10)20-2)19-15(18)17-12-5-3-11(16)4-6-12/h3-9H,1-2H3,(H,17,18). The topological polar surface area (TPSA) is 38.3 Å². The van der Waals surface area contributed by atoms with Crippen molar-refractivity contribution in [1.82, 2.24) is 0 Å². The third-order valence-electron chi connectivity index (χ3n) is 2.67. The molecule has 2 aromatic rings. The van der Waals surface area contributed by atoms with Gasteiger partial charge in [-0.2, -0.15) is 0 Å². The third kappa shape index (κ3) is 3.92. The van der Waals surface area contributed by atoms with Crippen molar-refractivity contribution in [2.24, 2.45) is 0 Å². The first kappa shape index (κ1) is 14.8. The molecule has 0 aliphatic heterocycles. The first-order valence-electron chi connectivity index (χ1n) is 5.97. The van der Waals surface area contributed by atoms with Gasteiger partial charge in [-0.25, -0.2) is 4.79 Å². The number of thioether (sulfide) groups is 1. The summed E-state index contributed by atoms with van der Waals surface area (Å²) in [5.41, 5.74) is 1.71. The SMILES string of the molecule is CSc1ccc(OC(=O)Nc2ccc(Cl)cc2)cc1C. The molecule has 0 heterocycles. The molecule has 0 saturated carbocycles. The number of aryl methyl sites for hydroxylation is 1. The molecule has 104 valence electrons. The normalized spacial score (nSPS) is 10.2. The van der Waals surface area contributed by atoms with Gasteiger partial charge in [0.2, 0.25) is 0 Å². The fourth-order valence-electron chi connectivity index (χ4n) is 1.70. The fourth-order valence-corrected chi connectivity index (χ4v) is 2.41. The summed E-state index contributed by atoms with van der Waals surface area (Å²) in [5.74, 6) is 0.520. The first-order chi connectivity index (χ1) is 9.58. The smallest absolute Gasteiger partial charge is 0.410 e. The molecule has 20 heavy (non-hydrogen) atoms. The third-order valence-corrected chi connectivity index (χ3v) is 3.82. The van der Waals surface area contributed by atoms with Gasteiger partial charge in [0.1, 0.15) is 5.75 Å². The van der Waals surface area contributed by atoms with Crippen LogP contribution in [0.5, 0.6) is 5.75 Å². The molecule has 0 fully saturated rings. The molecule has 0 spiro atoms. The Kier molecular flexibility index (Phi) is 4.93. The van der Waals surface area contributed by atoms with Crippen LogP contribution in [0.4, 0.5) is 10.5 Å². The number of rotatable bonds is 3. The van der Waals surface area contributed by atoms with E-state index in [2.05, 4.69) is 5.32 Å². The van der Waals surface area contributed by atoms with E-state index in [-0.39, 0.29) is 0 Å². The maximum absolute atomic E-state index is 11.8. The number of carbonyl (C=O) groups excluding carboxylic acids is 1. The Morgan fingerprint density at radius 3 is 2.50 bits per heavy atom. The Hall–Kier alpha value is -1.65. The monoisotopic (exact) mass is 307 g/mol. The molecule has 0 aliphatic carbocycles. The number of hydrogen-bond acceptors (Lipinski definition) is 3. The molecule has 0 saturated heterocycles. The van der Waals surface area contributed by atoms with Crippen LogP contribution >= 0.6 is 23.4 Å². The maximum Gasteiger partial charge on any atom is 0.417 e. The van der Waals surface area contributed by atoms with E-state index in [4.69, 9.17) is 16.3 Å². The number of anilines is 1. The summed E-state index contributed by atoms with van der Waals surface area (Å²) >= 11 is 7.44. The van der Waals surface area contributed by atoms with E-state index in [0.29, 0.717) is 16.5 Å². The lowest BCUT2D eigenvalue weighted by atomic mass is 10.2. The van der Waals surface area contributed by atoms with E-state index >= 15 is 0 Å². The number of benzene rings is 2. The second kappa shape index (κ2) is 6.68. The molecule has 3 nitrogen and oxygen atoms in total. The molecule has 2 rings (SSSR count). The summed E-state index contributed by atoms with van der Waals surface area (Å²) in [7, 11) is 0. The summed E-state index contributed by atoms with van der Waals surface area (Å²) in [6.45, 7) is 1.98. The zero-order valence-electron chi connectivity index (χ0n) is 11.1. The highest BCUT2D eigenvalue weighted by Gasteiger charge is 2.06. The summed E-state index contributed by atoms with van der Waals surface area (Å²) in [4.78, 5) is 12.9. The highest BCUT2D eigenvalue weighted by molar-refractivity contribution is 7.98. The number of hydrogen-bond donors (Lipinski definition) is 1. The molecule has 0 aromatic heterocycles. The average molecular weight is 308 g/mol. The Morgan fingerprint density at radius 2 is 1.90 bits per heavy atom. The summed E-state index contributed by atoms with van der Waals surface area (Å²) < 4.78 is 5.24. The van der Waals surface area contributed by atoms with Crippen LogP contribution in [0.2, 0.25) is 5.02 Å². The van der Waals surface area contributed by atoms with Gasteiger partial charge in [-0.1, -0.05) is 11.6 Å². The van der Waals surface area contributed by atoms with Crippen molar-refractivity contribution in [1.29, 1.82) is 0 Å². The van der Waals surface area contributed by atoms with Crippen LogP contribution < -0.4 is 10.1 Å². The largest absolute Gasteiger partial charge is 0.417 e. The molecular weight excluding hydrogens is 294 g/mol. The van der Waals surface area contributed by atoms with Crippen molar-refractivity contribution in [2.45, 2.75) is 11.8 Å². The molecule has 2 aromatic carbocycles. The van der Waals surface area contributed by atoms with Gasteiger partial charge in [-0.3, -0.25) is 5.32 Å². The maximum atomic E-state index is 11.8.